The summed E-state index contributed by atoms with van der Waals surface area (Å²) in [5.74, 6) is 0.132. The van der Waals surface area contributed by atoms with Crippen LogP contribution >= 0.6 is 22.9 Å². The number of carbonyl (C=O) groups excluding carboxylic acids is 1. The number of nitrogens with one attached hydrogen (secondary N) is 1. The Balaban J connectivity index is 1.70. The van der Waals surface area contributed by atoms with Crippen molar-refractivity contribution in [3.8, 4) is 0 Å². The molecular formula is C16H16ClNOS. The summed E-state index contributed by atoms with van der Waals surface area (Å²) in [6, 6.07) is 9.72. The molecule has 1 amide bonds. The molecule has 1 aromatic carbocycles. The normalized spacial score (nSPS) is 15.9. The van der Waals surface area contributed by atoms with Gasteiger partial charge < -0.3 is 5.32 Å². The van der Waals surface area contributed by atoms with Gasteiger partial charge in [-0.1, -0.05) is 23.7 Å². The molecule has 0 atom stereocenters. The van der Waals surface area contributed by atoms with Crippen molar-refractivity contribution in [3.05, 3.63) is 56.7 Å². The molecule has 0 spiro atoms. The second-order valence-corrected chi connectivity index (χ2v) is 6.74. The first-order valence-electron chi connectivity index (χ1n) is 6.69. The Morgan fingerprint density at radius 1 is 1.30 bits per heavy atom. The quantitative estimate of drug-likeness (QED) is 0.907. The maximum atomic E-state index is 12.5. The second-order valence-electron chi connectivity index (χ2n) is 5.30. The molecule has 0 aliphatic heterocycles. The minimum atomic E-state index is -0.324. The van der Waals surface area contributed by atoms with E-state index in [4.69, 9.17) is 11.6 Å². The van der Waals surface area contributed by atoms with Crippen molar-refractivity contribution < 1.29 is 4.79 Å². The lowest BCUT2D eigenvalue weighted by Crippen LogP contribution is -2.34. The summed E-state index contributed by atoms with van der Waals surface area (Å²) < 4.78 is 0. The molecule has 1 fully saturated rings. The summed E-state index contributed by atoms with van der Waals surface area (Å²) in [6.07, 6.45) is 1.84. The Kier molecular flexibility index (Phi) is 3.57. The van der Waals surface area contributed by atoms with Crippen LogP contribution in [0.3, 0.4) is 0 Å². The van der Waals surface area contributed by atoms with E-state index in [1.807, 2.05) is 24.3 Å². The maximum absolute atomic E-state index is 12.5. The van der Waals surface area contributed by atoms with Crippen molar-refractivity contribution in [1.29, 1.82) is 0 Å². The number of halogens is 1. The lowest BCUT2D eigenvalue weighted by molar-refractivity contribution is -0.123. The van der Waals surface area contributed by atoms with Gasteiger partial charge in [0.25, 0.3) is 0 Å². The van der Waals surface area contributed by atoms with Crippen LogP contribution in [-0.2, 0) is 16.8 Å². The SMILES string of the molecule is Cc1ccsc1CNC(=O)C1(c2ccc(Cl)cc2)CC1. The summed E-state index contributed by atoms with van der Waals surface area (Å²) in [4.78, 5) is 13.7. The van der Waals surface area contributed by atoms with E-state index in [9.17, 15) is 4.79 Å². The zero-order valence-electron chi connectivity index (χ0n) is 11.3. The highest BCUT2D eigenvalue weighted by Crippen LogP contribution is 2.48. The highest BCUT2D eigenvalue weighted by atomic mass is 35.5. The Bertz CT molecular complexity index is 628. The lowest BCUT2D eigenvalue weighted by atomic mass is 9.95. The van der Waals surface area contributed by atoms with Crippen LogP contribution in [0.2, 0.25) is 5.02 Å². The Morgan fingerprint density at radius 3 is 2.55 bits per heavy atom. The number of hydrogen-bond acceptors (Lipinski definition) is 2. The van der Waals surface area contributed by atoms with Crippen molar-refractivity contribution in [1.82, 2.24) is 5.32 Å². The van der Waals surface area contributed by atoms with Crippen LogP contribution in [0.4, 0.5) is 0 Å². The summed E-state index contributed by atoms with van der Waals surface area (Å²) in [6.45, 7) is 2.70. The third-order valence-electron chi connectivity index (χ3n) is 3.96. The predicted molar refractivity (Wildman–Crippen MR) is 83.3 cm³/mol. The first-order valence-corrected chi connectivity index (χ1v) is 7.95. The maximum Gasteiger partial charge on any atom is 0.230 e. The van der Waals surface area contributed by atoms with Crippen LogP contribution in [0.5, 0.6) is 0 Å². The zero-order valence-corrected chi connectivity index (χ0v) is 12.9. The summed E-state index contributed by atoms with van der Waals surface area (Å²) in [5, 5.41) is 5.85. The molecule has 2 nitrogen and oxygen atoms in total. The Morgan fingerprint density at radius 2 is 2.00 bits per heavy atom. The fourth-order valence-corrected chi connectivity index (χ4v) is 3.43. The van der Waals surface area contributed by atoms with Gasteiger partial charge in [-0.05, 0) is 54.5 Å². The van der Waals surface area contributed by atoms with E-state index < -0.39 is 0 Å². The molecule has 4 heteroatoms. The number of aryl methyl sites for hydroxylation is 1. The van der Waals surface area contributed by atoms with Gasteiger partial charge >= 0.3 is 0 Å². The molecule has 1 saturated carbocycles. The van der Waals surface area contributed by atoms with Gasteiger partial charge in [-0.3, -0.25) is 4.79 Å². The number of benzene rings is 1. The minimum Gasteiger partial charge on any atom is -0.350 e. The third-order valence-corrected chi connectivity index (χ3v) is 5.23. The van der Waals surface area contributed by atoms with Crippen LogP contribution < -0.4 is 5.32 Å². The van der Waals surface area contributed by atoms with Crippen LogP contribution in [-0.4, -0.2) is 5.91 Å². The number of amides is 1. The van der Waals surface area contributed by atoms with E-state index in [2.05, 4.69) is 23.7 Å². The monoisotopic (exact) mass is 305 g/mol. The number of carbonyl (C=O) groups is 1. The van der Waals surface area contributed by atoms with Crippen LogP contribution in [0.15, 0.2) is 35.7 Å². The van der Waals surface area contributed by atoms with Gasteiger partial charge in [-0.25, -0.2) is 0 Å². The van der Waals surface area contributed by atoms with Gasteiger partial charge in [0.15, 0.2) is 0 Å². The molecule has 104 valence electrons. The van der Waals surface area contributed by atoms with Crippen molar-refractivity contribution in [2.45, 2.75) is 31.7 Å². The molecule has 2 aromatic rings. The molecule has 1 N–H and O–H groups in total. The molecule has 20 heavy (non-hydrogen) atoms. The van der Waals surface area contributed by atoms with E-state index in [1.54, 1.807) is 11.3 Å². The Labute approximate surface area is 127 Å². The first-order chi connectivity index (χ1) is 9.62. The fraction of sp³-hybridized carbons (Fsp3) is 0.312. The van der Waals surface area contributed by atoms with Crippen LogP contribution in [0, 0.1) is 6.92 Å². The molecule has 0 radical (unpaired) electrons. The largest absolute Gasteiger partial charge is 0.350 e. The van der Waals surface area contributed by atoms with Crippen molar-refractivity contribution in [3.63, 3.8) is 0 Å². The standard InChI is InChI=1S/C16H16ClNOS/c1-11-6-9-20-14(11)10-18-15(19)16(7-8-16)12-2-4-13(17)5-3-12/h2-6,9H,7-8,10H2,1H3,(H,18,19). The van der Waals surface area contributed by atoms with Gasteiger partial charge in [-0.15, -0.1) is 11.3 Å². The van der Waals surface area contributed by atoms with Gasteiger partial charge in [-0.2, -0.15) is 0 Å². The summed E-state index contributed by atoms with van der Waals surface area (Å²) in [5.41, 5.74) is 1.99. The molecule has 1 heterocycles. The minimum absolute atomic E-state index is 0.132. The molecule has 1 aromatic heterocycles. The van der Waals surface area contributed by atoms with E-state index in [1.165, 1.54) is 10.4 Å². The van der Waals surface area contributed by atoms with Gasteiger partial charge in [0, 0.05) is 9.90 Å². The van der Waals surface area contributed by atoms with E-state index in [0.29, 0.717) is 11.6 Å². The topological polar surface area (TPSA) is 29.1 Å². The second kappa shape index (κ2) is 5.23. The van der Waals surface area contributed by atoms with Crippen molar-refractivity contribution >= 4 is 28.8 Å². The first kappa shape index (κ1) is 13.7. The van der Waals surface area contributed by atoms with Crippen molar-refractivity contribution in [2.24, 2.45) is 0 Å². The van der Waals surface area contributed by atoms with Crippen molar-refractivity contribution in [2.75, 3.05) is 0 Å². The molecule has 0 bridgehead atoms. The molecule has 0 unspecified atom stereocenters. The van der Waals surface area contributed by atoms with Gasteiger partial charge in [0.05, 0.1) is 12.0 Å². The smallest absolute Gasteiger partial charge is 0.230 e. The fourth-order valence-electron chi connectivity index (χ4n) is 2.46. The molecular weight excluding hydrogens is 290 g/mol. The molecule has 0 saturated heterocycles. The average molecular weight is 306 g/mol. The van der Waals surface area contributed by atoms with E-state index in [0.717, 1.165) is 18.4 Å². The Hall–Kier alpha value is -1.32. The molecule has 1 aliphatic carbocycles. The van der Waals surface area contributed by atoms with Gasteiger partial charge in [0.1, 0.15) is 0 Å². The molecule has 3 rings (SSSR count). The number of hydrogen-bond donors (Lipinski definition) is 1. The van der Waals surface area contributed by atoms with Crippen LogP contribution in [0.25, 0.3) is 0 Å². The van der Waals surface area contributed by atoms with Crippen LogP contribution in [0.1, 0.15) is 28.8 Å². The predicted octanol–water partition coefficient (Wildman–Crippen LogP) is 4.06. The lowest BCUT2D eigenvalue weighted by Gasteiger charge is -2.15. The summed E-state index contributed by atoms with van der Waals surface area (Å²) in [7, 11) is 0. The van der Waals surface area contributed by atoms with Gasteiger partial charge in [0.2, 0.25) is 5.91 Å². The average Bonchev–Trinajstić information content (AvgIpc) is 3.15. The summed E-state index contributed by atoms with van der Waals surface area (Å²) >= 11 is 7.60. The number of thiophene rings is 1. The van der Waals surface area contributed by atoms with E-state index >= 15 is 0 Å². The third kappa shape index (κ3) is 2.48. The number of rotatable bonds is 4. The molecule has 1 aliphatic rings. The van der Waals surface area contributed by atoms with E-state index in [-0.39, 0.29) is 11.3 Å². The highest BCUT2D eigenvalue weighted by Gasteiger charge is 2.51. The zero-order chi connectivity index (χ0) is 14.2. The highest BCUT2D eigenvalue weighted by molar-refractivity contribution is 7.10.